The molecule has 2 aromatic carbocycles. The minimum absolute atomic E-state index is 0.149. The van der Waals surface area contributed by atoms with Gasteiger partial charge in [0.25, 0.3) is 11.5 Å². The van der Waals surface area contributed by atoms with Crippen molar-refractivity contribution in [2.45, 2.75) is 13.0 Å². The van der Waals surface area contributed by atoms with Crippen LogP contribution in [-0.2, 0) is 19.1 Å². The van der Waals surface area contributed by atoms with Gasteiger partial charge in [-0.15, -0.1) is 0 Å². The fourth-order valence-corrected chi connectivity index (χ4v) is 5.78. The van der Waals surface area contributed by atoms with E-state index in [1.54, 1.807) is 55.5 Å². The average Bonchev–Trinajstić information content (AvgIpc) is 3.31. The molecule has 0 saturated heterocycles. The number of ether oxygens (including phenoxy) is 1. The van der Waals surface area contributed by atoms with Gasteiger partial charge in [-0.3, -0.25) is 23.9 Å². The number of esters is 1. The molecule has 0 radical (unpaired) electrons. The van der Waals surface area contributed by atoms with Crippen LogP contribution in [0.3, 0.4) is 0 Å². The molecule has 0 saturated carbocycles. The van der Waals surface area contributed by atoms with E-state index in [2.05, 4.69) is 4.99 Å². The van der Waals surface area contributed by atoms with E-state index >= 15 is 0 Å². The number of aromatic nitrogens is 1. The van der Waals surface area contributed by atoms with E-state index in [0.717, 1.165) is 11.3 Å². The van der Waals surface area contributed by atoms with Crippen molar-refractivity contribution in [3.8, 4) is 0 Å². The summed E-state index contributed by atoms with van der Waals surface area (Å²) in [5.41, 5.74) is 7.27. The zero-order valence-electron chi connectivity index (χ0n) is 19.1. The molecular weight excluding hydrogens is 504 g/mol. The molecular formula is C25H19ClN4O5S. The third-order valence-corrected chi connectivity index (χ3v) is 7.36. The smallest absolute Gasteiger partial charge is 0.338 e. The van der Waals surface area contributed by atoms with Gasteiger partial charge in [-0.2, -0.15) is 0 Å². The van der Waals surface area contributed by atoms with E-state index in [9.17, 15) is 19.2 Å². The van der Waals surface area contributed by atoms with Crippen molar-refractivity contribution in [3.05, 3.63) is 95.6 Å². The van der Waals surface area contributed by atoms with Crippen LogP contribution in [0.5, 0.6) is 0 Å². The Bertz CT molecular complexity index is 1670. The second-order valence-corrected chi connectivity index (χ2v) is 9.61. The zero-order chi connectivity index (χ0) is 25.7. The first-order chi connectivity index (χ1) is 17.2. The quantitative estimate of drug-likeness (QED) is 0.517. The van der Waals surface area contributed by atoms with Crippen molar-refractivity contribution in [1.29, 1.82) is 0 Å². The second kappa shape index (κ2) is 8.89. The predicted molar refractivity (Wildman–Crippen MR) is 134 cm³/mol. The number of carbonyl (C=O) groups is 3. The third kappa shape index (κ3) is 3.66. The molecule has 0 aliphatic carbocycles. The summed E-state index contributed by atoms with van der Waals surface area (Å²) in [5, 5.41) is 0.497. The number of benzene rings is 2. The lowest BCUT2D eigenvalue weighted by Crippen LogP contribution is -2.41. The maximum Gasteiger partial charge on any atom is 0.338 e. The molecule has 0 spiro atoms. The Kier molecular flexibility index (Phi) is 5.85. The van der Waals surface area contributed by atoms with Crippen LogP contribution in [0.25, 0.3) is 5.57 Å². The van der Waals surface area contributed by atoms with Crippen LogP contribution < -0.4 is 25.5 Å². The third-order valence-electron chi connectivity index (χ3n) is 6.05. The molecule has 0 bridgehead atoms. The van der Waals surface area contributed by atoms with Crippen molar-refractivity contribution < 1.29 is 19.1 Å². The van der Waals surface area contributed by atoms with Crippen molar-refractivity contribution in [3.63, 3.8) is 0 Å². The topological polar surface area (TPSA) is 124 Å². The maximum atomic E-state index is 13.9. The summed E-state index contributed by atoms with van der Waals surface area (Å²) < 4.78 is 6.55. The fraction of sp³-hybridized carbons (Fsp3) is 0.160. The summed E-state index contributed by atoms with van der Waals surface area (Å²) >= 11 is 7.12. The maximum absolute atomic E-state index is 13.9. The Morgan fingerprint density at radius 3 is 2.50 bits per heavy atom. The SMILES string of the molecule is COC(=O)C1=C(C)N=c2s/c(=C3/C(=O)N(CC(N)=O)c4ccccc43)c(=O)n2C1c1ccc(Cl)cc1. The summed E-state index contributed by atoms with van der Waals surface area (Å²) in [7, 11) is 1.26. The Hall–Kier alpha value is -4.02. The van der Waals surface area contributed by atoms with Crippen molar-refractivity contribution >= 4 is 52.0 Å². The van der Waals surface area contributed by atoms with Gasteiger partial charge in [0.15, 0.2) is 4.80 Å². The fourth-order valence-electron chi connectivity index (χ4n) is 4.52. The Balaban J connectivity index is 1.82. The van der Waals surface area contributed by atoms with E-state index in [-0.39, 0.29) is 22.2 Å². The average molecular weight is 523 g/mol. The number of amides is 2. The van der Waals surface area contributed by atoms with Crippen LogP contribution in [0.1, 0.15) is 24.1 Å². The number of allylic oxidation sites excluding steroid dienone is 1. The van der Waals surface area contributed by atoms with Gasteiger partial charge in [0.05, 0.1) is 35.7 Å². The molecule has 9 nitrogen and oxygen atoms in total. The molecule has 2 aliphatic rings. The van der Waals surface area contributed by atoms with Gasteiger partial charge >= 0.3 is 5.97 Å². The number of methoxy groups -OCH3 is 1. The number of nitrogens with zero attached hydrogens (tertiary/aromatic N) is 3. The van der Waals surface area contributed by atoms with Crippen LogP contribution in [0, 0.1) is 0 Å². The largest absolute Gasteiger partial charge is 0.466 e. The number of hydrogen-bond donors (Lipinski definition) is 1. The second-order valence-electron chi connectivity index (χ2n) is 8.20. The van der Waals surface area contributed by atoms with Gasteiger partial charge in [0.2, 0.25) is 5.91 Å². The van der Waals surface area contributed by atoms with Crippen molar-refractivity contribution in [1.82, 2.24) is 4.57 Å². The molecule has 1 unspecified atom stereocenters. The first kappa shape index (κ1) is 23.7. The molecule has 1 atom stereocenters. The number of thiazole rings is 1. The van der Waals surface area contributed by atoms with Crippen molar-refractivity contribution in [2.75, 3.05) is 18.6 Å². The molecule has 2 N–H and O–H groups in total. The number of halogens is 1. The van der Waals surface area contributed by atoms with Crippen LogP contribution in [0.15, 0.2) is 69.6 Å². The Labute approximate surface area is 213 Å². The lowest BCUT2D eigenvalue weighted by molar-refractivity contribution is -0.136. The molecule has 2 amide bonds. The minimum Gasteiger partial charge on any atom is -0.466 e. The molecule has 5 rings (SSSR count). The molecule has 0 fully saturated rings. The Morgan fingerprint density at radius 1 is 1.14 bits per heavy atom. The summed E-state index contributed by atoms with van der Waals surface area (Å²) in [4.78, 5) is 57.9. The standard InChI is InChI=1S/C25H19ClN4O5S/c1-12-18(24(34)35-2)20(13-7-9-14(26)10-8-13)30-23(33)21(36-25(30)28-12)19-15-5-3-4-6-16(15)29(22(19)32)11-17(27)31/h3-10,20H,11H2,1-2H3,(H2,27,31)/b21-19+. The van der Waals surface area contributed by atoms with E-state index in [0.29, 0.717) is 32.3 Å². The summed E-state index contributed by atoms with van der Waals surface area (Å²) in [5.74, 6) is -1.81. The van der Waals surface area contributed by atoms with Crippen molar-refractivity contribution in [2.24, 2.45) is 10.7 Å². The predicted octanol–water partition coefficient (Wildman–Crippen LogP) is 1.26. The lowest BCUT2D eigenvalue weighted by Gasteiger charge is -2.24. The number of para-hydroxylation sites is 1. The van der Waals surface area contributed by atoms with E-state index in [1.165, 1.54) is 16.6 Å². The highest BCUT2D eigenvalue weighted by molar-refractivity contribution is 7.07. The summed E-state index contributed by atoms with van der Waals surface area (Å²) in [6.45, 7) is 1.34. The lowest BCUT2D eigenvalue weighted by atomic mass is 9.96. The van der Waals surface area contributed by atoms with E-state index in [4.69, 9.17) is 22.1 Å². The normalized spacial score (nSPS) is 18.0. The number of fused-ring (bicyclic) bond motifs is 2. The van der Waals surface area contributed by atoms with Crippen LogP contribution in [0.4, 0.5) is 5.69 Å². The van der Waals surface area contributed by atoms with Crippen LogP contribution in [-0.4, -0.2) is 36.0 Å². The molecule has 11 heteroatoms. The highest BCUT2D eigenvalue weighted by Gasteiger charge is 2.37. The molecule has 36 heavy (non-hydrogen) atoms. The first-order valence-electron chi connectivity index (χ1n) is 10.8. The number of primary amides is 1. The number of anilines is 1. The van der Waals surface area contributed by atoms with Gasteiger partial charge in [0.1, 0.15) is 11.1 Å². The summed E-state index contributed by atoms with van der Waals surface area (Å²) in [6.07, 6.45) is 0. The first-order valence-corrected chi connectivity index (χ1v) is 12.0. The van der Waals surface area contributed by atoms with Gasteiger partial charge in [0, 0.05) is 10.6 Å². The minimum atomic E-state index is -0.839. The summed E-state index contributed by atoms with van der Waals surface area (Å²) in [6, 6.07) is 12.8. The highest BCUT2D eigenvalue weighted by Crippen LogP contribution is 2.35. The number of rotatable bonds is 4. The molecule has 3 aromatic rings. The van der Waals surface area contributed by atoms with E-state index < -0.39 is 29.4 Å². The van der Waals surface area contributed by atoms with E-state index in [1.807, 2.05) is 0 Å². The van der Waals surface area contributed by atoms with Gasteiger partial charge in [-0.25, -0.2) is 9.79 Å². The molecule has 182 valence electrons. The van der Waals surface area contributed by atoms with Gasteiger partial charge in [-0.05, 0) is 30.7 Å². The monoisotopic (exact) mass is 522 g/mol. The van der Waals surface area contributed by atoms with Gasteiger partial charge in [-0.1, -0.05) is 53.3 Å². The Morgan fingerprint density at radius 2 is 1.83 bits per heavy atom. The molecule has 1 aromatic heterocycles. The number of carbonyl (C=O) groups excluding carboxylic acids is 3. The van der Waals surface area contributed by atoms with Gasteiger partial charge < -0.3 is 10.5 Å². The number of nitrogens with two attached hydrogens (primary N) is 1. The zero-order valence-corrected chi connectivity index (χ0v) is 20.7. The molecule has 2 aliphatic heterocycles. The molecule has 3 heterocycles. The highest BCUT2D eigenvalue weighted by atomic mass is 35.5. The number of hydrogen-bond acceptors (Lipinski definition) is 7. The van der Waals surface area contributed by atoms with Crippen LogP contribution in [0.2, 0.25) is 5.02 Å². The van der Waals surface area contributed by atoms with Crippen LogP contribution >= 0.6 is 22.9 Å².